The van der Waals surface area contributed by atoms with Crippen LogP contribution in [0.25, 0.3) is 10.1 Å². The lowest BCUT2D eigenvalue weighted by atomic mass is 10.0. The van der Waals surface area contributed by atoms with E-state index in [0.29, 0.717) is 15.8 Å². The summed E-state index contributed by atoms with van der Waals surface area (Å²) in [5.41, 5.74) is -0.641. The molecule has 1 heterocycles. The van der Waals surface area contributed by atoms with Crippen molar-refractivity contribution in [3.05, 3.63) is 34.5 Å². The van der Waals surface area contributed by atoms with Gasteiger partial charge in [-0.05, 0) is 49.9 Å². The topological polar surface area (TPSA) is 57.6 Å². The molecule has 2 aromatic rings. The van der Waals surface area contributed by atoms with Gasteiger partial charge < -0.3 is 10.0 Å². The highest BCUT2D eigenvalue weighted by atomic mass is 32.1. The molecule has 21 heavy (non-hydrogen) atoms. The number of halogens is 1. The van der Waals surface area contributed by atoms with Gasteiger partial charge in [0.05, 0.1) is 4.88 Å². The first-order chi connectivity index (χ1) is 9.66. The number of aryl methyl sites for hydroxylation is 1. The number of aliphatic carboxylic acids is 1. The van der Waals surface area contributed by atoms with Crippen LogP contribution in [0.5, 0.6) is 0 Å². The molecule has 0 aliphatic rings. The Morgan fingerprint density at radius 2 is 1.95 bits per heavy atom. The maximum absolute atomic E-state index is 13.3. The number of hydrogen-bond acceptors (Lipinski definition) is 3. The third-order valence-corrected chi connectivity index (χ3v) is 5.02. The maximum Gasteiger partial charge on any atom is 0.329 e. The van der Waals surface area contributed by atoms with Crippen LogP contribution < -0.4 is 0 Å². The number of fused-ring (bicyclic) bond motifs is 1. The zero-order valence-electron chi connectivity index (χ0n) is 12.2. The Morgan fingerprint density at radius 3 is 2.52 bits per heavy atom. The van der Waals surface area contributed by atoms with Gasteiger partial charge in [0.25, 0.3) is 5.91 Å². The van der Waals surface area contributed by atoms with Gasteiger partial charge >= 0.3 is 5.97 Å². The third-order valence-electron chi connectivity index (χ3n) is 3.76. The normalized spacial score (nSPS) is 11.7. The van der Waals surface area contributed by atoms with Crippen molar-refractivity contribution >= 4 is 33.3 Å². The van der Waals surface area contributed by atoms with Crippen molar-refractivity contribution in [3.63, 3.8) is 0 Å². The summed E-state index contributed by atoms with van der Waals surface area (Å²) in [5.74, 6) is -1.81. The van der Waals surface area contributed by atoms with Gasteiger partial charge in [-0.1, -0.05) is 0 Å². The molecule has 0 saturated heterocycles. The van der Waals surface area contributed by atoms with Crippen molar-refractivity contribution in [1.29, 1.82) is 0 Å². The fourth-order valence-electron chi connectivity index (χ4n) is 1.95. The van der Waals surface area contributed by atoms with Gasteiger partial charge in [0.1, 0.15) is 11.4 Å². The molecule has 0 atom stereocenters. The standard InChI is InChI=1S/C15H16FNO3S/c1-8-10-7-9(16)5-6-11(10)21-12(8)13(18)17(4)15(2,3)14(19)20/h5-7H,1-4H3,(H,19,20). The van der Waals surface area contributed by atoms with Crippen molar-refractivity contribution in [2.24, 2.45) is 0 Å². The van der Waals surface area contributed by atoms with Gasteiger partial charge in [0.2, 0.25) is 0 Å². The summed E-state index contributed by atoms with van der Waals surface area (Å²) in [7, 11) is 1.46. The molecular formula is C15H16FNO3S. The fourth-order valence-corrected chi connectivity index (χ4v) is 3.11. The lowest BCUT2D eigenvalue weighted by Crippen LogP contribution is -2.50. The lowest BCUT2D eigenvalue weighted by Gasteiger charge is -2.31. The second-order valence-electron chi connectivity index (χ2n) is 5.43. The van der Waals surface area contributed by atoms with Crippen LogP contribution in [0.3, 0.4) is 0 Å². The molecule has 6 heteroatoms. The molecule has 4 nitrogen and oxygen atoms in total. The Kier molecular flexibility index (Phi) is 3.76. The first-order valence-electron chi connectivity index (χ1n) is 6.36. The van der Waals surface area contributed by atoms with Crippen LogP contribution in [-0.2, 0) is 4.79 Å². The van der Waals surface area contributed by atoms with E-state index in [0.717, 1.165) is 4.70 Å². The number of hydrogen-bond donors (Lipinski definition) is 1. The average Bonchev–Trinajstić information content (AvgIpc) is 2.74. The molecule has 1 aromatic heterocycles. The fraction of sp³-hybridized carbons (Fsp3) is 0.333. The summed E-state index contributed by atoms with van der Waals surface area (Å²) >= 11 is 1.25. The maximum atomic E-state index is 13.3. The SMILES string of the molecule is Cc1c(C(=O)N(C)C(C)(C)C(=O)O)sc2ccc(F)cc12. The Hall–Kier alpha value is -1.95. The Labute approximate surface area is 125 Å². The molecule has 112 valence electrons. The van der Waals surface area contributed by atoms with Crippen LogP contribution in [0.1, 0.15) is 29.1 Å². The molecule has 0 saturated carbocycles. The molecule has 0 aliphatic carbocycles. The number of carboxylic acid groups (broad SMARTS) is 1. The number of thiophene rings is 1. The highest BCUT2D eigenvalue weighted by molar-refractivity contribution is 7.21. The van der Waals surface area contributed by atoms with E-state index < -0.39 is 11.5 Å². The molecule has 1 N–H and O–H groups in total. The van der Waals surface area contributed by atoms with Crippen molar-refractivity contribution < 1.29 is 19.1 Å². The summed E-state index contributed by atoms with van der Waals surface area (Å²) in [6.07, 6.45) is 0. The molecule has 0 spiro atoms. The van der Waals surface area contributed by atoms with E-state index >= 15 is 0 Å². The smallest absolute Gasteiger partial charge is 0.329 e. The number of benzene rings is 1. The molecule has 2 rings (SSSR count). The van der Waals surface area contributed by atoms with Gasteiger partial charge in [-0.25, -0.2) is 9.18 Å². The molecule has 0 bridgehead atoms. The molecule has 0 aliphatic heterocycles. The highest BCUT2D eigenvalue weighted by Crippen LogP contribution is 2.33. The van der Waals surface area contributed by atoms with Crippen molar-refractivity contribution in [2.75, 3.05) is 7.05 Å². The second-order valence-corrected chi connectivity index (χ2v) is 6.48. The predicted molar refractivity (Wildman–Crippen MR) is 80.3 cm³/mol. The minimum Gasteiger partial charge on any atom is -0.480 e. The molecule has 0 fully saturated rings. The van der Waals surface area contributed by atoms with E-state index in [1.165, 1.54) is 49.3 Å². The molecule has 0 radical (unpaired) electrons. The van der Waals surface area contributed by atoms with Crippen LogP contribution >= 0.6 is 11.3 Å². The summed E-state index contributed by atoms with van der Waals surface area (Å²) in [4.78, 5) is 25.4. The van der Waals surface area contributed by atoms with Gasteiger partial charge in [0, 0.05) is 11.7 Å². The summed E-state index contributed by atoms with van der Waals surface area (Å²) in [6, 6.07) is 4.36. The van der Waals surface area contributed by atoms with Crippen LogP contribution in [-0.4, -0.2) is 34.5 Å². The largest absolute Gasteiger partial charge is 0.480 e. The second kappa shape index (κ2) is 5.11. The number of amides is 1. The van der Waals surface area contributed by atoms with Crippen molar-refractivity contribution in [2.45, 2.75) is 26.3 Å². The minimum absolute atomic E-state index is 0.360. The lowest BCUT2D eigenvalue weighted by molar-refractivity contribution is -0.147. The molecular weight excluding hydrogens is 293 g/mol. The van der Waals surface area contributed by atoms with Gasteiger partial charge in [-0.2, -0.15) is 0 Å². The number of likely N-dealkylation sites (N-methyl/N-ethyl adjacent to an activating group) is 1. The number of carbonyl (C=O) groups excluding carboxylic acids is 1. The molecule has 1 aromatic carbocycles. The molecule has 0 unspecified atom stereocenters. The Morgan fingerprint density at radius 1 is 1.33 bits per heavy atom. The van der Waals surface area contributed by atoms with Crippen molar-refractivity contribution in [3.8, 4) is 0 Å². The van der Waals surface area contributed by atoms with Crippen LogP contribution in [0.4, 0.5) is 4.39 Å². The zero-order chi connectivity index (χ0) is 15.9. The van der Waals surface area contributed by atoms with Crippen LogP contribution in [0.15, 0.2) is 18.2 Å². The van der Waals surface area contributed by atoms with Gasteiger partial charge in [-0.15, -0.1) is 11.3 Å². The first-order valence-corrected chi connectivity index (χ1v) is 7.18. The summed E-state index contributed by atoms with van der Waals surface area (Å²) < 4.78 is 14.1. The number of carboxylic acids is 1. The van der Waals surface area contributed by atoms with E-state index in [2.05, 4.69) is 0 Å². The van der Waals surface area contributed by atoms with Gasteiger partial charge in [0.15, 0.2) is 0 Å². The minimum atomic E-state index is -1.31. The van der Waals surface area contributed by atoms with Crippen LogP contribution in [0.2, 0.25) is 0 Å². The van der Waals surface area contributed by atoms with Crippen LogP contribution in [0, 0.1) is 12.7 Å². The predicted octanol–water partition coefficient (Wildman–Crippen LogP) is 3.28. The Bertz CT molecular complexity index is 736. The van der Waals surface area contributed by atoms with E-state index in [-0.39, 0.29) is 11.7 Å². The van der Waals surface area contributed by atoms with Crippen molar-refractivity contribution in [1.82, 2.24) is 4.90 Å². The van der Waals surface area contributed by atoms with E-state index in [4.69, 9.17) is 0 Å². The number of nitrogens with zero attached hydrogens (tertiary/aromatic N) is 1. The van der Waals surface area contributed by atoms with E-state index in [9.17, 15) is 19.1 Å². The third kappa shape index (κ3) is 2.51. The first kappa shape index (κ1) is 15.4. The van der Waals surface area contributed by atoms with E-state index in [1.807, 2.05) is 0 Å². The number of rotatable bonds is 3. The zero-order valence-corrected chi connectivity index (χ0v) is 13.0. The van der Waals surface area contributed by atoms with Gasteiger partial charge in [-0.3, -0.25) is 4.79 Å². The monoisotopic (exact) mass is 309 g/mol. The Balaban J connectivity index is 2.49. The highest BCUT2D eigenvalue weighted by Gasteiger charge is 2.36. The molecule has 1 amide bonds. The average molecular weight is 309 g/mol. The van der Waals surface area contributed by atoms with E-state index in [1.54, 1.807) is 13.0 Å². The quantitative estimate of drug-likeness (QED) is 0.946. The summed E-state index contributed by atoms with van der Waals surface area (Å²) in [6.45, 7) is 4.68. The number of carbonyl (C=O) groups is 2. The summed E-state index contributed by atoms with van der Waals surface area (Å²) in [5, 5.41) is 9.90.